The Morgan fingerprint density at radius 3 is 3.05 bits per heavy atom. The van der Waals surface area contributed by atoms with E-state index in [1.165, 1.54) is 12.5 Å². The maximum atomic E-state index is 12.3. The van der Waals surface area contributed by atoms with Crippen molar-refractivity contribution >= 4 is 5.91 Å². The largest absolute Gasteiger partial charge is 0.383 e. The number of carbonyl (C=O) groups excluding carboxylic acids is 1. The van der Waals surface area contributed by atoms with Gasteiger partial charge in [-0.2, -0.15) is 0 Å². The van der Waals surface area contributed by atoms with Crippen LogP contribution in [-0.4, -0.2) is 60.2 Å². The maximum absolute atomic E-state index is 12.3. The van der Waals surface area contributed by atoms with E-state index in [4.69, 9.17) is 4.74 Å². The molecular weight excluding hydrogens is 284 g/mol. The van der Waals surface area contributed by atoms with Crippen LogP contribution in [0.3, 0.4) is 0 Å². The van der Waals surface area contributed by atoms with Gasteiger partial charge in [0.15, 0.2) is 0 Å². The van der Waals surface area contributed by atoms with Crippen molar-refractivity contribution in [3.8, 4) is 0 Å². The van der Waals surface area contributed by atoms with Crippen LogP contribution in [0.25, 0.3) is 0 Å². The number of rotatable bonds is 7. The van der Waals surface area contributed by atoms with Crippen LogP contribution in [0.1, 0.15) is 30.1 Å². The summed E-state index contributed by atoms with van der Waals surface area (Å²) in [5, 5.41) is 3.00. The van der Waals surface area contributed by atoms with Crippen molar-refractivity contribution in [2.24, 2.45) is 5.92 Å². The first-order valence-electron chi connectivity index (χ1n) is 7.70. The van der Waals surface area contributed by atoms with E-state index in [2.05, 4.69) is 27.1 Å². The van der Waals surface area contributed by atoms with Crippen LogP contribution in [-0.2, 0) is 4.74 Å². The highest BCUT2D eigenvalue weighted by atomic mass is 16.5. The molecule has 0 radical (unpaired) electrons. The number of methoxy groups -OCH3 is 1. The summed E-state index contributed by atoms with van der Waals surface area (Å²) < 4.78 is 5.12. The van der Waals surface area contributed by atoms with Crippen molar-refractivity contribution in [3.63, 3.8) is 0 Å². The molecule has 1 aliphatic heterocycles. The first kappa shape index (κ1) is 16.6. The van der Waals surface area contributed by atoms with Gasteiger partial charge in [0.2, 0.25) is 0 Å². The molecule has 0 bridgehead atoms. The van der Waals surface area contributed by atoms with Crippen molar-refractivity contribution in [3.05, 3.63) is 28.4 Å². The minimum Gasteiger partial charge on any atom is -0.383 e. The van der Waals surface area contributed by atoms with Gasteiger partial charge >= 0.3 is 0 Å². The van der Waals surface area contributed by atoms with Gasteiger partial charge in [-0.05, 0) is 12.3 Å². The number of likely N-dealkylation sites (tertiary alicyclic amines) is 1. The van der Waals surface area contributed by atoms with Crippen molar-refractivity contribution in [2.45, 2.75) is 25.8 Å². The summed E-state index contributed by atoms with van der Waals surface area (Å²) >= 11 is 0. The van der Waals surface area contributed by atoms with Gasteiger partial charge in [0.05, 0.1) is 12.9 Å². The highest BCUT2D eigenvalue weighted by molar-refractivity contribution is 5.93. The predicted molar refractivity (Wildman–Crippen MR) is 82.8 cm³/mol. The molecule has 2 atom stereocenters. The predicted octanol–water partition coefficient (Wildman–Crippen LogP) is 0.247. The van der Waals surface area contributed by atoms with E-state index in [1.807, 2.05) is 0 Å². The van der Waals surface area contributed by atoms with Crippen LogP contribution in [0.15, 0.2) is 17.3 Å². The zero-order valence-electron chi connectivity index (χ0n) is 13.2. The second kappa shape index (κ2) is 8.05. The van der Waals surface area contributed by atoms with Crippen LogP contribution < -0.4 is 10.9 Å². The summed E-state index contributed by atoms with van der Waals surface area (Å²) in [6.07, 6.45) is 4.71. The van der Waals surface area contributed by atoms with E-state index in [9.17, 15) is 9.59 Å². The van der Waals surface area contributed by atoms with E-state index in [0.29, 0.717) is 12.5 Å². The van der Waals surface area contributed by atoms with Crippen molar-refractivity contribution in [2.75, 3.05) is 33.4 Å². The van der Waals surface area contributed by atoms with Gasteiger partial charge in [0.25, 0.3) is 11.5 Å². The molecule has 0 spiro atoms. The fourth-order valence-electron chi connectivity index (χ4n) is 2.94. The molecule has 2 N–H and O–H groups in total. The van der Waals surface area contributed by atoms with Gasteiger partial charge in [0, 0.05) is 39.0 Å². The highest BCUT2D eigenvalue weighted by Crippen LogP contribution is 2.21. The zero-order chi connectivity index (χ0) is 15.9. The fraction of sp³-hybridized carbons (Fsp3) is 0.667. The van der Waals surface area contributed by atoms with E-state index < -0.39 is 5.56 Å². The molecule has 0 unspecified atom stereocenters. The quantitative estimate of drug-likeness (QED) is 0.754. The van der Waals surface area contributed by atoms with Gasteiger partial charge in [-0.1, -0.05) is 13.3 Å². The normalized spacial score (nSPS) is 21.9. The van der Waals surface area contributed by atoms with Crippen molar-refractivity contribution in [1.82, 2.24) is 20.2 Å². The summed E-state index contributed by atoms with van der Waals surface area (Å²) in [4.78, 5) is 32.5. The summed E-state index contributed by atoms with van der Waals surface area (Å²) in [5.74, 6) is 0.0515. The molecule has 122 valence electrons. The lowest BCUT2D eigenvalue weighted by Gasteiger charge is -2.19. The highest BCUT2D eigenvalue weighted by Gasteiger charge is 2.33. The number of carbonyl (C=O) groups is 1. The number of nitrogens with zero attached hydrogens (tertiary/aromatic N) is 2. The Morgan fingerprint density at radius 2 is 2.36 bits per heavy atom. The van der Waals surface area contributed by atoms with E-state index in [-0.39, 0.29) is 17.5 Å². The Hall–Kier alpha value is -1.73. The molecule has 7 nitrogen and oxygen atoms in total. The Morgan fingerprint density at radius 1 is 1.55 bits per heavy atom. The number of H-pyrrole nitrogens is 1. The van der Waals surface area contributed by atoms with E-state index in [1.54, 1.807) is 7.11 Å². The standard InChI is InChI=1S/C15H24N4O3/c1-3-4-11-8-19(5-6-22-2)9-13(11)18-15(21)12-7-16-10-17-14(12)20/h7,10-11,13H,3-6,8-9H2,1-2H3,(H,18,21)(H,16,17,20)/t11-,13-/m0/s1. The first-order valence-corrected chi connectivity index (χ1v) is 7.70. The lowest BCUT2D eigenvalue weighted by molar-refractivity contribution is 0.0926. The van der Waals surface area contributed by atoms with Gasteiger partial charge in [0.1, 0.15) is 5.56 Å². The summed E-state index contributed by atoms with van der Waals surface area (Å²) in [6.45, 7) is 5.42. The van der Waals surface area contributed by atoms with E-state index >= 15 is 0 Å². The van der Waals surface area contributed by atoms with Gasteiger partial charge in [-0.25, -0.2) is 4.98 Å². The van der Waals surface area contributed by atoms with Gasteiger partial charge in [-0.3, -0.25) is 14.5 Å². The molecule has 1 amide bonds. The molecule has 1 aliphatic rings. The van der Waals surface area contributed by atoms with Crippen LogP contribution >= 0.6 is 0 Å². The third kappa shape index (κ3) is 4.14. The molecule has 0 aromatic carbocycles. The summed E-state index contributed by atoms with van der Waals surface area (Å²) in [7, 11) is 1.69. The lowest BCUT2D eigenvalue weighted by atomic mass is 9.98. The minimum atomic E-state index is -0.409. The molecule has 1 aromatic heterocycles. The topological polar surface area (TPSA) is 87.3 Å². The Bertz CT molecular complexity index is 546. The number of hydrogen-bond acceptors (Lipinski definition) is 5. The smallest absolute Gasteiger partial charge is 0.263 e. The zero-order valence-corrected chi connectivity index (χ0v) is 13.2. The fourth-order valence-corrected chi connectivity index (χ4v) is 2.94. The molecule has 0 saturated carbocycles. The number of amides is 1. The van der Waals surface area contributed by atoms with Gasteiger partial charge in [-0.15, -0.1) is 0 Å². The second-order valence-corrected chi connectivity index (χ2v) is 5.68. The molecule has 1 saturated heterocycles. The second-order valence-electron chi connectivity index (χ2n) is 5.68. The molecule has 1 aromatic rings. The average molecular weight is 308 g/mol. The SMILES string of the molecule is CCC[C@H]1CN(CCOC)C[C@@H]1NC(=O)c1cnc[nH]c1=O. The Balaban J connectivity index is 2.01. The molecule has 22 heavy (non-hydrogen) atoms. The molecular formula is C15H24N4O3. The van der Waals surface area contributed by atoms with E-state index in [0.717, 1.165) is 32.5 Å². The lowest BCUT2D eigenvalue weighted by Crippen LogP contribution is -2.42. The average Bonchev–Trinajstić information content (AvgIpc) is 2.88. The Kier molecular flexibility index (Phi) is 6.09. The maximum Gasteiger partial charge on any atom is 0.263 e. The summed E-state index contributed by atoms with van der Waals surface area (Å²) in [5.41, 5.74) is -0.345. The van der Waals surface area contributed by atoms with Crippen LogP contribution in [0, 0.1) is 5.92 Å². The number of ether oxygens (including phenoxy) is 1. The third-order valence-electron chi connectivity index (χ3n) is 4.07. The third-order valence-corrected chi connectivity index (χ3v) is 4.07. The number of nitrogens with one attached hydrogen (secondary N) is 2. The van der Waals surface area contributed by atoms with Crippen LogP contribution in [0.2, 0.25) is 0 Å². The number of aromatic nitrogens is 2. The van der Waals surface area contributed by atoms with Crippen molar-refractivity contribution < 1.29 is 9.53 Å². The Labute approximate surface area is 130 Å². The monoisotopic (exact) mass is 308 g/mol. The summed E-state index contributed by atoms with van der Waals surface area (Å²) in [6, 6.07) is 0.0592. The molecule has 2 heterocycles. The molecule has 7 heteroatoms. The van der Waals surface area contributed by atoms with Crippen LogP contribution in [0.5, 0.6) is 0 Å². The number of aromatic amines is 1. The number of hydrogen-bond donors (Lipinski definition) is 2. The van der Waals surface area contributed by atoms with Crippen molar-refractivity contribution in [1.29, 1.82) is 0 Å². The van der Waals surface area contributed by atoms with Gasteiger partial charge < -0.3 is 15.0 Å². The minimum absolute atomic E-state index is 0.0592. The van der Waals surface area contributed by atoms with Crippen LogP contribution in [0.4, 0.5) is 0 Å². The molecule has 2 rings (SSSR count). The molecule has 0 aliphatic carbocycles. The first-order chi connectivity index (χ1) is 10.7. The molecule has 1 fully saturated rings.